The fraction of sp³-hybridized carbons (Fsp3) is 0.300. The van der Waals surface area contributed by atoms with E-state index in [1.807, 2.05) is 88.6 Å². The van der Waals surface area contributed by atoms with Gasteiger partial charge in [0.15, 0.2) is 0 Å². The summed E-state index contributed by atoms with van der Waals surface area (Å²) in [5, 5.41) is 10.4. The van der Waals surface area contributed by atoms with Gasteiger partial charge >= 0.3 is 0 Å². The minimum atomic E-state index is -3.67. The van der Waals surface area contributed by atoms with Crippen LogP contribution >= 0.6 is 0 Å². The number of benzene rings is 4. The Balaban J connectivity index is 0.000000509. The van der Waals surface area contributed by atoms with Gasteiger partial charge in [-0.15, -0.1) is 0 Å². The lowest BCUT2D eigenvalue weighted by molar-refractivity contribution is 0.0624. The van der Waals surface area contributed by atoms with Crippen LogP contribution in [0.4, 0.5) is 0 Å². The highest BCUT2D eigenvalue weighted by atomic mass is 32.2. The molecule has 4 heterocycles. The summed E-state index contributed by atoms with van der Waals surface area (Å²) in [5.74, 6) is -1.07. The zero-order chi connectivity index (χ0) is 42.4. The number of para-hydroxylation sites is 2. The first-order valence-electron chi connectivity index (χ1n) is 18.2. The smallest absolute Gasteiger partial charge is 0.262 e. The van der Waals surface area contributed by atoms with E-state index in [1.165, 1.54) is 9.80 Å². The molecule has 0 unspecified atom stereocenters. The van der Waals surface area contributed by atoms with Gasteiger partial charge in [-0.3, -0.25) is 38.1 Å². The molecule has 2 aliphatic rings. The van der Waals surface area contributed by atoms with E-state index >= 15 is 0 Å². The molecule has 0 spiro atoms. The zero-order valence-electron chi connectivity index (χ0n) is 32.7. The number of hydrogen-bond acceptors (Lipinski definition) is 10. The van der Waals surface area contributed by atoms with Crippen molar-refractivity contribution >= 4 is 87.5 Å². The summed E-state index contributed by atoms with van der Waals surface area (Å²) in [7, 11) is -3.39. The molecule has 0 aliphatic carbocycles. The van der Waals surface area contributed by atoms with Crippen molar-refractivity contribution in [1.29, 1.82) is 0 Å². The number of hydrogen-bond donors (Lipinski definition) is 4. The molecular weight excluding hydrogens is 789 g/mol. The summed E-state index contributed by atoms with van der Waals surface area (Å²) < 4.78 is 55.9. The molecule has 2 aromatic heterocycles. The number of nitrogens with zero attached hydrogens (tertiary/aromatic N) is 4. The predicted molar refractivity (Wildman–Crippen MR) is 221 cm³/mol. The fourth-order valence-corrected chi connectivity index (χ4v) is 7.69. The molecule has 6 aromatic rings. The van der Waals surface area contributed by atoms with E-state index in [-0.39, 0.29) is 48.8 Å². The van der Waals surface area contributed by atoms with E-state index in [2.05, 4.69) is 19.8 Å². The Morgan fingerprint density at radius 2 is 0.862 bits per heavy atom. The van der Waals surface area contributed by atoms with E-state index in [0.717, 1.165) is 43.6 Å². The second-order valence-corrected chi connectivity index (χ2v) is 17.5. The van der Waals surface area contributed by atoms with Crippen molar-refractivity contribution in [2.45, 2.75) is 25.9 Å². The van der Waals surface area contributed by atoms with Crippen LogP contribution in [0.25, 0.3) is 43.6 Å². The second-order valence-electron chi connectivity index (χ2n) is 14.5. The average Bonchev–Trinajstić information content (AvgIpc) is 3.77. The van der Waals surface area contributed by atoms with Crippen molar-refractivity contribution in [2.24, 2.45) is 14.1 Å². The van der Waals surface area contributed by atoms with Crippen LogP contribution in [0.15, 0.2) is 72.8 Å². The van der Waals surface area contributed by atoms with E-state index < -0.39 is 20.2 Å². The Morgan fingerprint density at radius 1 is 0.534 bits per heavy atom. The standard InChI is InChI=1S/C38H36N6O4.2CH4O3S/c1-21(19-43-35(45)25-13-15-29-31(33(25)37(43)47)23-9-5-7-11-27(23)41(29)3)39-17-18-40-22(2)20-44-36(46)26-14-16-30-32(34(26)38(44)48)24-10-6-8-12-28(24)42(30)4;2*1-5(2,3)4/h5-16,21-22,39-40H,17-20H2,1-4H3;2*1H3,(H,2,3,4)/t21-,22-;;/m1../s1. The van der Waals surface area contributed by atoms with Gasteiger partial charge in [0.1, 0.15) is 0 Å². The largest absolute Gasteiger partial charge is 0.344 e. The highest BCUT2D eigenvalue weighted by Gasteiger charge is 2.40. The van der Waals surface area contributed by atoms with Crippen LogP contribution in [0.1, 0.15) is 55.3 Å². The monoisotopic (exact) mass is 832 g/mol. The average molecular weight is 833 g/mol. The number of imide groups is 2. The SMILES string of the molecule is CS(=O)(=O)O.CS(=O)(=O)O.C[C@H](CN1C(=O)c2ccc3c(c2C1=O)c1ccccc1n3C)NCCN[C@H](C)CN1C(=O)c2ccc3c(c2C1=O)c1ccccc1n3C. The van der Waals surface area contributed by atoms with Gasteiger partial charge in [-0.05, 0) is 50.2 Å². The summed E-state index contributed by atoms with van der Waals surface area (Å²) in [4.78, 5) is 56.8. The highest BCUT2D eigenvalue weighted by molar-refractivity contribution is 7.85. The maximum Gasteiger partial charge on any atom is 0.262 e. The molecular formula is C40H44N6O10S2. The Morgan fingerprint density at radius 3 is 1.21 bits per heavy atom. The lowest BCUT2D eigenvalue weighted by Crippen LogP contribution is -2.46. The maximum absolute atomic E-state index is 13.7. The van der Waals surface area contributed by atoms with Crippen LogP contribution in [0.3, 0.4) is 0 Å². The van der Waals surface area contributed by atoms with E-state index in [0.29, 0.717) is 47.9 Å². The van der Waals surface area contributed by atoms with Crippen LogP contribution in [-0.4, -0.2) is 119 Å². The molecule has 0 saturated carbocycles. The number of carbonyl (C=O) groups excluding carboxylic acids is 4. The quantitative estimate of drug-likeness (QED) is 0.0929. The summed E-state index contributed by atoms with van der Waals surface area (Å²) in [5.41, 5.74) is 5.72. The first-order valence-corrected chi connectivity index (χ1v) is 21.9. The van der Waals surface area contributed by atoms with Crippen LogP contribution in [0.5, 0.6) is 0 Å². The minimum Gasteiger partial charge on any atom is -0.344 e. The Bertz CT molecular complexity index is 2670. The predicted octanol–water partition coefficient (Wildman–Crippen LogP) is 3.83. The number of aryl methyl sites for hydroxylation is 2. The molecule has 0 radical (unpaired) electrons. The molecule has 0 saturated heterocycles. The number of carbonyl (C=O) groups is 4. The molecule has 0 fully saturated rings. The molecule has 2 atom stereocenters. The molecule has 58 heavy (non-hydrogen) atoms. The maximum atomic E-state index is 13.7. The third-order valence-corrected chi connectivity index (χ3v) is 10.1. The number of nitrogens with one attached hydrogen (secondary N) is 2. The summed E-state index contributed by atoms with van der Waals surface area (Å²) in [6.45, 7) is 5.53. The first kappa shape index (κ1) is 42.1. The molecule has 4 amide bonds. The van der Waals surface area contributed by atoms with Gasteiger partial charge in [0.2, 0.25) is 0 Å². The van der Waals surface area contributed by atoms with Crippen molar-refractivity contribution in [1.82, 2.24) is 29.6 Å². The Kier molecular flexibility index (Phi) is 11.6. The van der Waals surface area contributed by atoms with Crippen molar-refractivity contribution in [2.75, 3.05) is 38.7 Å². The molecule has 16 nitrogen and oxygen atoms in total. The van der Waals surface area contributed by atoms with Crippen LogP contribution in [0, 0.1) is 0 Å². The lowest BCUT2D eigenvalue weighted by Gasteiger charge is -2.22. The molecule has 18 heteroatoms. The molecule has 8 rings (SSSR count). The van der Waals surface area contributed by atoms with Crippen LogP contribution in [0.2, 0.25) is 0 Å². The van der Waals surface area contributed by atoms with Gasteiger partial charge in [-0.25, -0.2) is 0 Å². The number of rotatable bonds is 9. The van der Waals surface area contributed by atoms with Crippen LogP contribution in [-0.2, 0) is 34.3 Å². The van der Waals surface area contributed by atoms with Gasteiger partial charge in [-0.2, -0.15) is 16.8 Å². The topological polar surface area (TPSA) is 217 Å². The summed E-state index contributed by atoms with van der Waals surface area (Å²) >= 11 is 0. The van der Waals surface area contributed by atoms with Crippen molar-refractivity contribution in [3.8, 4) is 0 Å². The molecule has 2 aliphatic heterocycles. The lowest BCUT2D eigenvalue weighted by atomic mass is 10.0. The normalized spacial score (nSPS) is 15.2. The van der Waals surface area contributed by atoms with Gasteiger partial charge in [0.25, 0.3) is 43.9 Å². The van der Waals surface area contributed by atoms with Gasteiger partial charge < -0.3 is 19.8 Å². The highest BCUT2D eigenvalue weighted by Crippen LogP contribution is 2.38. The number of aromatic nitrogens is 2. The van der Waals surface area contributed by atoms with Gasteiger partial charge in [-0.1, -0.05) is 36.4 Å². The van der Waals surface area contributed by atoms with E-state index in [9.17, 15) is 36.0 Å². The molecule has 4 N–H and O–H groups in total. The minimum absolute atomic E-state index is 0.147. The van der Waals surface area contributed by atoms with Gasteiger partial charge in [0, 0.05) is 96.0 Å². The second kappa shape index (κ2) is 16.0. The summed E-state index contributed by atoms with van der Waals surface area (Å²) in [6.07, 6.45) is 1.43. The van der Waals surface area contributed by atoms with Crippen molar-refractivity contribution in [3.63, 3.8) is 0 Å². The van der Waals surface area contributed by atoms with E-state index in [4.69, 9.17) is 9.11 Å². The third kappa shape index (κ3) is 8.38. The molecule has 0 bridgehead atoms. The number of amides is 4. The Hall–Kier alpha value is -5.50. The van der Waals surface area contributed by atoms with Crippen molar-refractivity contribution in [3.05, 3.63) is 95.1 Å². The zero-order valence-corrected chi connectivity index (χ0v) is 34.3. The molecule has 4 aromatic carbocycles. The number of fused-ring (bicyclic) bond motifs is 10. The van der Waals surface area contributed by atoms with Crippen molar-refractivity contribution < 1.29 is 45.1 Å². The molecule has 306 valence electrons. The Labute approximate surface area is 334 Å². The summed E-state index contributed by atoms with van der Waals surface area (Å²) in [6, 6.07) is 22.9. The van der Waals surface area contributed by atoms with E-state index in [1.54, 1.807) is 12.1 Å². The fourth-order valence-electron chi connectivity index (χ4n) is 7.69. The van der Waals surface area contributed by atoms with Gasteiger partial charge in [0.05, 0.1) is 34.8 Å². The van der Waals surface area contributed by atoms with Crippen LogP contribution < -0.4 is 10.6 Å². The third-order valence-electron chi connectivity index (χ3n) is 10.1. The first-order chi connectivity index (χ1) is 27.2.